The van der Waals surface area contributed by atoms with Crippen molar-refractivity contribution in [3.63, 3.8) is 0 Å². The predicted molar refractivity (Wildman–Crippen MR) is 83.5 cm³/mol. The quantitative estimate of drug-likeness (QED) is 0.939. The third-order valence-electron chi connectivity index (χ3n) is 4.35. The van der Waals surface area contributed by atoms with Crippen molar-refractivity contribution in [2.45, 2.75) is 45.6 Å². The first kappa shape index (κ1) is 14.8. The monoisotopic (exact) mass is 301 g/mol. The first-order valence-electron chi connectivity index (χ1n) is 7.91. The van der Waals surface area contributed by atoms with E-state index in [1.807, 2.05) is 35.7 Å². The molecule has 1 aliphatic rings. The molecule has 1 unspecified atom stereocenters. The van der Waals surface area contributed by atoms with Crippen LogP contribution in [0.25, 0.3) is 0 Å². The van der Waals surface area contributed by atoms with Gasteiger partial charge >= 0.3 is 0 Å². The first-order valence-corrected chi connectivity index (χ1v) is 7.91. The minimum atomic E-state index is 0.211. The second-order valence-electron chi connectivity index (χ2n) is 6.08. The van der Waals surface area contributed by atoms with Gasteiger partial charge in [-0.05, 0) is 32.8 Å². The number of likely N-dealkylation sites (tertiary alicyclic amines) is 1. The summed E-state index contributed by atoms with van der Waals surface area (Å²) in [6, 6.07) is 1.96. The third-order valence-corrected chi connectivity index (χ3v) is 4.35. The molecule has 0 bridgehead atoms. The van der Waals surface area contributed by atoms with Crippen molar-refractivity contribution in [2.24, 2.45) is 0 Å². The minimum absolute atomic E-state index is 0.211. The fourth-order valence-corrected chi connectivity index (χ4v) is 3.06. The number of nitrogens with zero attached hydrogens (tertiary/aromatic N) is 4. The van der Waals surface area contributed by atoms with Crippen molar-refractivity contribution in [1.82, 2.24) is 24.6 Å². The van der Waals surface area contributed by atoms with Gasteiger partial charge in [-0.25, -0.2) is 4.98 Å². The maximum Gasteiger partial charge on any atom is 0.224 e. The molecule has 1 aliphatic heterocycles. The number of nitrogens with one attached hydrogen (secondary N) is 1. The van der Waals surface area contributed by atoms with E-state index in [2.05, 4.69) is 15.1 Å². The van der Waals surface area contributed by atoms with Gasteiger partial charge in [-0.15, -0.1) is 0 Å². The SMILES string of the molecule is Cc1cnc(C2CCCN(C(=O)CCn3nccc3C)C2)[nH]1. The van der Waals surface area contributed by atoms with E-state index in [9.17, 15) is 4.79 Å². The van der Waals surface area contributed by atoms with Gasteiger partial charge in [-0.3, -0.25) is 9.48 Å². The molecule has 1 atom stereocenters. The van der Waals surface area contributed by atoms with Crippen molar-refractivity contribution >= 4 is 5.91 Å². The molecule has 1 amide bonds. The van der Waals surface area contributed by atoms with E-state index in [1.165, 1.54) is 0 Å². The Bertz CT molecular complexity index is 645. The smallest absolute Gasteiger partial charge is 0.224 e. The zero-order valence-corrected chi connectivity index (χ0v) is 13.2. The summed E-state index contributed by atoms with van der Waals surface area (Å²) in [5, 5.41) is 4.23. The Labute approximate surface area is 130 Å². The highest BCUT2D eigenvalue weighted by Gasteiger charge is 2.26. The molecule has 1 saturated heterocycles. The highest BCUT2D eigenvalue weighted by atomic mass is 16.2. The van der Waals surface area contributed by atoms with Crippen molar-refractivity contribution in [2.75, 3.05) is 13.1 Å². The Morgan fingerprint density at radius 3 is 3.00 bits per heavy atom. The second kappa shape index (κ2) is 6.34. The molecule has 2 aromatic heterocycles. The van der Waals surface area contributed by atoms with Gasteiger partial charge in [0.15, 0.2) is 0 Å². The van der Waals surface area contributed by atoms with Gasteiger partial charge < -0.3 is 9.88 Å². The van der Waals surface area contributed by atoms with E-state index in [1.54, 1.807) is 6.20 Å². The van der Waals surface area contributed by atoms with Gasteiger partial charge in [0.2, 0.25) is 5.91 Å². The van der Waals surface area contributed by atoms with Gasteiger partial charge in [-0.2, -0.15) is 5.10 Å². The Kier molecular flexibility index (Phi) is 4.27. The van der Waals surface area contributed by atoms with E-state index in [-0.39, 0.29) is 5.91 Å². The van der Waals surface area contributed by atoms with Gasteiger partial charge in [-0.1, -0.05) is 0 Å². The molecule has 0 saturated carbocycles. The summed E-state index contributed by atoms with van der Waals surface area (Å²) in [5.74, 6) is 1.55. The van der Waals surface area contributed by atoms with Crippen LogP contribution in [0.3, 0.4) is 0 Å². The van der Waals surface area contributed by atoms with Crippen LogP contribution in [-0.2, 0) is 11.3 Å². The standard InChI is InChI=1S/C16H23N5O/c1-12-10-17-16(19-12)14-4-3-8-20(11-14)15(22)6-9-21-13(2)5-7-18-21/h5,7,10,14H,3-4,6,8-9,11H2,1-2H3,(H,17,19). The van der Waals surface area contributed by atoms with Gasteiger partial charge in [0, 0.05) is 55.8 Å². The maximum absolute atomic E-state index is 12.4. The largest absolute Gasteiger partial charge is 0.346 e. The number of imidazole rings is 1. The molecule has 0 aliphatic carbocycles. The Morgan fingerprint density at radius 1 is 1.45 bits per heavy atom. The number of H-pyrrole nitrogens is 1. The second-order valence-corrected chi connectivity index (χ2v) is 6.08. The highest BCUT2D eigenvalue weighted by molar-refractivity contribution is 5.76. The molecule has 3 rings (SSSR count). The van der Waals surface area contributed by atoms with Crippen LogP contribution in [0.15, 0.2) is 18.5 Å². The van der Waals surface area contributed by atoms with Crippen LogP contribution in [0.5, 0.6) is 0 Å². The van der Waals surface area contributed by atoms with Crippen LogP contribution >= 0.6 is 0 Å². The average Bonchev–Trinajstić information content (AvgIpc) is 3.13. The fraction of sp³-hybridized carbons (Fsp3) is 0.562. The predicted octanol–water partition coefficient (Wildman–Crippen LogP) is 2.02. The van der Waals surface area contributed by atoms with E-state index in [0.717, 1.165) is 43.1 Å². The Balaban J connectivity index is 1.57. The summed E-state index contributed by atoms with van der Waals surface area (Å²) in [6.45, 7) is 6.29. The number of amides is 1. The zero-order chi connectivity index (χ0) is 15.5. The van der Waals surface area contributed by atoms with E-state index >= 15 is 0 Å². The maximum atomic E-state index is 12.4. The topological polar surface area (TPSA) is 66.8 Å². The van der Waals surface area contributed by atoms with E-state index in [4.69, 9.17) is 0 Å². The van der Waals surface area contributed by atoms with Crippen LogP contribution in [0.2, 0.25) is 0 Å². The summed E-state index contributed by atoms with van der Waals surface area (Å²) >= 11 is 0. The lowest BCUT2D eigenvalue weighted by molar-refractivity contribution is -0.132. The summed E-state index contributed by atoms with van der Waals surface area (Å²) in [7, 11) is 0. The summed E-state index contributed by atoms with van der Waals surface area (Å²) in [6.07, 6.45) is 6.27. The molecule has 3 heterocycles. The first-order chi connectivity index (χ1) is 10.6. The molecular formula is C16H23N5O. The molecule has 6 heteroatoms. The summed E-state index contributed by atoms with van der Waals surface area (Å²) < 4.78 is 1.88. The normalized spacial score (nSPS) is 18.6. The van der Waals surface area contributed by atoms with Gasteiger partial charge in [0.1, 0.15) is 5.82 Å². The highest BCUT2D eigenvalue weighted by Crippen LogP contribution is 2.25. The van der Waals surface area contributed by atoms with E-state index < -0.39 is 0 Å². The number of carbonyl (C=O) groups excluding carboxylic acids is 1. The molecule has 0 spiro atoms. The molecule has 1 fully saturated rings. The lowest BCUT2D eigenvalue weighted by Gasteiger charge is -2.32. The lowest BCUT2D eigenvalue weighted by atomic mass is 9.97. The number of hydrogen-bond acceptors (Lipinski definition) is 3. The van der Waals surface area contributed by atoms with Crippen LogP contribution in [0, 0.1) is 13.8 Å². The average molecular weight is 301 g/mol. The van der Waals surface area contributed by atoms with Crippen LogP contribution < -0.4 is 0 Å². The third kappa shape index (κ3) is 3.21. The number of aromatic amines is 1. The molecule has 118 valence electrons. The van der Waals surface area contributed by atoms with Gasteiger partial charge in [0.25, 0.3) is 0 Å². The van der Waals surface area contributed by atoms with Crippen molar-refractivity contribution in [3.8, 4) is 0 Å². The van der Waals surface area contributed by atoms with E-state index in [0.29, 0.717) is 18.9 Å². The van der Waals surface area contributed by atoms with Crippen molar-refractivity contribution in [3.05, 3.63) is 35.7 Å². The molecule has 22 heavy (non-hydrogen) atoms. The number of carbonyl (C=O) groups is 1. The van der Waals surface area contributed by atoms with Crippen molar-refractivity contribution in [1.29, 1.82) is 0 Å². The Hall–Kier alpha value is -2.11. The van der Waals surface area contributed by atoms with Gasteiger partial charge in [0.05, 0.1) is 0 Å². The minimum Gasteiger partial charge on any atom is -0.346 e. The number of aromatic nitrogens is 4. The number of aryl methyl sites for hydroxylation is 3. The summed E-state index contributed by atoms with van der Waals surface area (Å²) in [5.41, 5.74) is 2.17. The molecule has 0 aromatic carbocycles. The lowest BCUT2D eigenvalue weighted by Crippen LogP contribution is -2.39. The molecular weight excluding hydrogens is 278 g/mol. The molecule has 0 radical (unpaired) electrons. The van der Waals surface area contributed by atoms with Crippen LogP contribution in [0.1, 0.15) is 42.4 Å². The molecule has 6 nitrogen and oxygen atoms in total. The van der Waals surface area contributed by atoms with Crippen LogP contribution in [-0.4, -0.2) is 43.6 Å². The van der Waals surface area contributed by atoms with Crippen LogP contribution in [0.4, 0.5) is 0 Å². The van der Waals surface area contributed by atoms with Crippen molar-refractivity contribution < 1.29 is 4.79 Å². The summed E-state index contributed by atoms with van der Waals surface area (Å²) in [4.78, 5) is 22.1. The number of piperidine rings is 1. The Morgan fingerprint density at radius 2 is 2.32 bits per heavy atom. The zero-order valence-electron chi connectivity index (χ0n) is 13.2. The number of rotatable bonds is 4. The molecule has 2 aromatic rings. The fourth-order valence-electron chi connectivity index (χ4n) is 3.06. The molecule has 1 N–H and O–H groups in total. The number of hydrogen-bond donors (Lipinski definition) is 1.